The summed E-state index contributed by atoms with van der Waals surface area (Å²) in [5, 5.41) is 9.29. The second kappa shape index (κ2) is 3.57. The van der Waals surface area contributed by atoms with Crippen LogP contribution in [-0.2, 0) is 14.3 Å². The fraction of sp³-hybridized carbons (Fsp3) is 0.692. The van der Waals surface area contributed by atoms with E-state index in [0.29, 0.717) is 6.54 Å². The summed E-state index contributed by atoms with van der Waals surface area (Å²) >= 11 is 0. The van der Waals surface area contributed by atoms with Gasteiger partial charge in [0.1, 0.15) is 11.5 Å². The Bertz CT molecular complexity index is 446. The van der Waals surface area contributed by atoms with E-state index in [0.717, 1.165) is 6.42 Å². The van der Waals surface area contributed by atoms with E-state index < -0.39 is 29.5 Å². The Balaban J connectivity index is 1.97. The summed E-state index contributed by atoms with van der Waals surface area (Å²) in [7, 11) is 0. The van der Waals surface area contributed by atoms with Gasteiger partial charge in [-0.25, -0.2) is 0 Å². The Hall–Kier alpha value is -1.36. The molecule has 3 aliphatic rings. The number of hydrogen-bond donors (Lipinski definition) is 1. The molecule has 2 fully saturated rings. The lowest BCUT2D eigenvalue weighted by molar-refractivity contribution is -0.148. The highest BCUT2D eigenvalue weighted by Gasteiger charge is 2.67. The SMILES string of the molecule is CC[C@H](C)N1C[C@]23C=C[C@@H](O2)[C@@H](C(=O)O)[C@@H]3C1=O. The molecular formula is C13H17NO4. The van der Waals surface area contributed by atoms with E-state index in [1.165, 1.54) is 0 Å². The molecule has 0 aliphatic carbocycles. The predicted octanol–water partition coefficient (Wildman–Crippen LogP) is 0.651. The summed E-state index contributed by atoms with van der Waals surface area (Å²) in [6.45, 7) is 4.50. The van der Waals surface area contributed by atoms with Crippen LogP contribution in [0.2, 0.25) is 0 Å². The van der Waals surface area contributed by atoms with Crippen LogP contribution in [0.15, 0.2) is 12.2 Å². The Kier molecular flexibility index (Phi) is 2.32. The van der Waals surface area contributed by atoms with Crippen LogP contribution in [0, 0.1) is 11.8 Å². The third-order valence-corrected chi connectivity index (χ3v) is 4.54. The minimum atomic E-state index is -0.935. The van der Waals surface area contributed by atoms with Gasteiger partial charge in [-0.1, -0.05) is 19.1 Å². The molecule has 5 atom stereocenters. The Morgan fingerprint density at radius 3 is 3.06 bits per heavy atom. The van der Waals surface area contributed by atoms with E-state index in [1.54, 1.807) is 11.0 Å². The van der Waals surface area contributed by atoms with Crippen LogP contribution in [0.1, 0.15) is 20.3 Å². The summed E-state index contributed by atoms with van der Waals surface area (Å²) in [5.74, 6) is -2.27. The molecule has 3 rings (SSSR count). The van der Waals surface area contributed by atoms with E-state index in [-0.39, 0.29) is 11.9 Å². The molecule has 1 spiro atoms. The number of carboxylic acids is 1. The molecule has 0 radical (unpaired) electrons. The molecule has 1 N–H and O–H groups in total. The number of amides is 1. The highest BCUT2D eigenvalue weighted by atomic mass is 16.5. The van der Waals surface area contributed by atoms with E-state index >= 15 is 0 Å². The van der Waals surface area contributed by atoms with Gasteiger partial charge in [0.2, 0.25) is 5.91 Å². The maximum Gasteiger partial charge on any atom is 0.310 e. The van der Waals surface area contributed by atoms with Crippen molar-refractivity contribution >= 4 is 11.9 Å². The zero-order valence-corrected chi connectivity index (χ0v) is 10.5. The molecular weight excluding hydrogens is 234 g/mol. The van der Waals surface area contributed by atoms with Gasteiger partial charge in [0.25, 0.3) is 0 Å². The fourth-order valence-corrected chi connectivity index (χ4v) is 3.40. The second-order valence-electron chi connectivity index (χ2n) is 5.46. The number of aliphatic carboxylic acids is 1. The van der Waals surface area contributed by atoms with Crippen molar-refractivity contribution in [1.29, 1.82) is 0 Å². The van der Waals surface area contributed by atoms with Crippen LogP contribution in [0.5, 0.6) is 0 Å². The summed E-state index contributed by atoms with van der Waals surface area (Å²) in [6, 6.07) is 0.128. The molecule has 5 nitrogen and oxygen atoms in total. The van der Waals surface area contributed by atoms with Gasteiger partial charge < -0.3 is 14.7 Å². The molecule has 2 bridgehead atoms. The molecule has 0 saturated carbocycles. The molecule has 3 heterocycles. The number of fused-ring (bicyclic) bond motifs is 1. The number of ether oxygens (including phenoxy) is 1. The number of likely N-dealkylation sites (tertiary alicyclic amines) is 1. The zero-order chi connectivity index (χ0) is 13.1. The predicted molar refractivity (Wildman–Crippen MR) is 62.8 cm³/mol. The quantitative estimate of drug-likeness (QED) is 0.748. The zero-order valence-electron chi connectivity index (χ0n) is 10.5. The first-order valence-corrected chi connectivity index (χ1v) is 6.40. The van der Waals surface area contributed by atoms with Crippen molar-refractivity contribution < 1.29 is 19.4 Å². The molecule has 0 unspecified atom stereocenters. The maximum atomic E-state index is 12.4. The van der Waals surface area contributed by atoms with Crippen molar-refractivity contribution in [1.82, 2.24) is 4.90 Å². The topological polar surface area (TPSA) is 66.8 Å². The average molecular weight is 251 g/mol. The maximum absolute atomic E-state index is 12.4. The normalized spacial score (nSPS) is 42.4. The highest BCUT2D eigenvalue weighted by molar-refractivity contribution is 5.90. The first-order valence-electron chi connectivity index (χ1n) is 6.40. The average Bonchev–Trinajstić information content (AvgIpc) is 2.96. The van der Waals surface area contributed by atoms with Crippen molar-refractivity contribution in [3.8, 4) is 0 Å². The molecule has 1 amide bonds. The second-order valence-corrected chi connectivity index (χ2v) is 5.46. The van der Waals surface area contributed by atoms with Crippen molar-refractivity contribution in [2.75, 3.05) is 6.54 Å². The molecule has 0 aromatic carbocycles. The Labute approximate surface area is 105 Å². The molecule has 5 heteroatoms. The van der Waals surface area contributed by atoms with E-state index in [2.05, 4.69) is 0 Å². The fourth-order valence-electron chi connectivity index (χ4n) is 3.40. The molecule has 3 aliphatic heterocycles. The van der Waals surface area contributed by atoms with Gasteiger partial charge in [-0.3, -0.25) is 9.59 Å². The van der Waals surface area contributed by atoms with E-state index in [1.807, 2.05) is 19.9 Å². The molecule has 0 aromatic heterocycles. The highest BCUT2D eigenvalue weighted by Crippen LogP contribution is 2.52. The van der Waals surface area contributed by atoms with Gasteiger partial charge in [0, 0.05) is 6.04 Å². The largest absolute Gasteiger partial charge is 0.481 e. The van der Waals surface area contributed by atoms with E-state index in [9.17, 15) is 14.7 Å². The van der Waals surface area contributed by atoms with Crippen LogP contribution in [0.25, 0.3) is 0 Å². The Morgan fingerprint density at radius 1 is 1.72 bits per heavy atom. The van der Waals surface area contributed by atoms with Gasteiger partial charge in [-0.2, -0.15) is 0 Å². The van der Waals surface area contributed by atoms with Gasteiger partial charge in [0.05, 0.1) is 18.6 Å². The lowest BCUT2D eigenvalue weighted by Crippen LogP contribution is -2.40. The minimum absolute atomic E-state index is 0.0661. The summed E-state index contributed by atoms with van der Waals surface area (Å²) < 4.78 is 5.80. The molecule has 2 saturated heterocycles. The number of carbonyl (C=O) groups excluding carboxylic acids is 1. The smallest absolute Gasteiger partial charge is 0.310 e. The third kappa shape index (κ3) is 1.25. The van der Waals surface area contributed by atoms with E-state index in [4.69, 9.17) is 4.74 Å². The van der Waals surface area contributed by atoms with Crippen LogP contribution < -0.4 is 0 Å². The first-order chi connectivity index (χ1) is 8.50. The molecule has 18 heavy (non-hydrogen) atoms. The Morgan fingerprint density at radius 2 is 2.44 bits per heavy atom. The third-order valence-electron chi connectivity index (χ3n) is 4.54. The van der Waals surface area contributed by atoms with Crippen LogP contribution in [0.3, 0.4) is 0 Å². The van der Waals surface area contributed by atoms with Crippen molar-refractivity contribution in [3.05, 3.63) is 12.2 Å². The number of rotatable bonds is 3. The molecule has 98 valence electrons. The van der Waals surface area contributed by atoms with Crippen molar-refractivity contribution in [3.63, 3.8) is 0 Å². The van der Waals surface area contributed by atoms with Crippen molar-refractivity contribution in [2.45, 2.75) is 38.0 Å². The van der Waals surface area contributed by atoms with Gasteiger partial charge in [-0.15, -0.1) is 0 Å². The van der Waals surface area contributed by atoms with Crippen LogP contribution in [0.4, 0.5) is 0 Å². The van der Waals surface area contributed by atoms with Crippen LogP contribution in [-0.4, -0.2) is 46.2 Å². The first kappa shape index (κ1) is 11.7. The number of carboxylic acid groups (broad SMARTS) is 1. The molecule has 0 aromatic rings. The summed E-state index contributed by atoms with van der Waals surface area (Å²) in [5.41, 5.74) is -0.686. The standard InChI is InChI=1S/C13H17NO4/c1-3-7(2)14-6-13-5-4-8(18-13)9(12(16)17)10(13)11(14)15/h4-5,7-10H,3,6H2,1-2H3,(H,16,17)/t7-,8+,9+,10+,13-/m0/s1. The van der Waals surface area contributed by atoms with Gasteiger partial charge >= 0.3 is 5.97 Å². The van der Waals surface area contributed by atoms with Gasteiger partial charge in [-0.05, 0) is 13.3 Å². The summed E-state index contributed by atoms with van der Waals surface area (Å²) in [6.07, 6.45) is 4.11. The monoisotopic (exact) mass is 251 g/mol. The lowest BCUT2D eigenvalue weighted by atomic mass is 9.77. The summed E-state index contributed by atoms with van der Waals surface area (Å²) in [4.78, 5) is 25.5. The number of nitrogens with zero attached hydrogens (tertiary/aromatic N) is 1. The van der Waals surface area contributed by atoms with Crippen molar-refractivity contribution in [2.24, 2.45) is 11.8 Å². The van der Waals surface area contributed by atoms with Gasteiger partial charge in [0.15, 0.2) is 0 Å². The van der Waals surface area contributed by atoms with Crippen LogP contribution >= 0.6 is 0 Å². The lowest BCUT2D eigenvalue weighted by Gasteiger charge is -2.26. The number of hydrogen-bond acceptors (Lipinski definition) is 3. The number of carbonyl (C=O) groups is 2. The minimum Gasteiger partial charge on any atom is -0.481 e.